The molecule has 1 fully saturated rings. The van der Waals surface area contributed by atoms with E-state index in [0.717, 1.165) is 25.0 Å². The Morgan fingerprint density at radius 2 is 2.36 bits per heavy atom. The molecule has 11 heavy (non-hydrogen) atoms. The van der Waals surface area contributed by atoms with Gasteiger partial charge in [-0.2, -0.15) is 0 Å². The van der Waals surface area contributed by atoms with Crippen LogP contribution in [0.2, 0.25) is 0 Å². The Labute approximate surface area is 70.1 Å². The van der Waals surface area contributed by atoms with E-state index in [9.17, 15) is 0 Å². The van der Waals surface area contributed by atoms with Gasteiger partial charge in [-0.25, -0.2) is 0 Å². The highest BCUT2D eigenvalue weighted by molar-refractivity contribution is 4.65. The summed E-state index contributed by atoms with van der Waals surface area (Å²) in [7, 11) is 0. The largest absolute Gasteiger partial charge is 0.381 e. The molecule has 0 radical (unpaired) electrons. The molecule has 0 spiro atoms. The van der Waals surface area contributed by atoms with Crippen molar-refractivity contribution in [3.8, 4) is 0 Å². The first-order valence-electron chi connectivity index (χ1n) is 4.90. The van der Waals surface area contributed by atoms with Gasteiger partial charge in [-0.1, -0.05) is 20.3 Å². The molecule has 0 aromatic carbocycles. The van der Waals surface area contributed by atoms with E-state index in [2.05, 4.69) is 13.8 Å². The fourth-order valence-electron chi connectivity index (χ4n) is 1.73. The van der Waals surface area contributed by atoms with E-state index in [1.165, 1.54) is 25.7 Å². The summed E-state index contributed by atoms with van der Waals surface area (Å²) in [6.45, 7) is 6.63. The normalized spacial score (nSPS) is 28.4. The third-order valence-electron chi connectivity index (χ3n) is 2.69. The molecular formula is C10H20O. The molecule has 1 heterocycles. The molecule has 0 saturated carbocycles. The first-order chi connectivity index (χ1) is 5.33. The van der Waals surface area contributed by atoms with Crippen LogP contribution in [0.25, 0.3) is 0 Å². The maximum atomic E-state index is 5.43. The van der Waals surface area contributed by atoms with E-state index in [4.69, 9.17) is 4.74 Å². The molecule has 2 atom stereocenters. The standard InChI is InChI=1S/C10H20O/c1-3-9(2)7-10-5-4-6-11-8-10/h9-10H,3-8H2,1-2H3. The van der Waals surface area contributed by atoms with Crippen LogP contribution in [-0.2, 0) is 4.74 Å². The molecule has 0 N–H and O–H groups in total. The van der Waals surface area contributed by atoms with Crippen molar-refractivity contribution in [1.29, 1.82) is 0 Å². The SMILES string of the molecule is CCC(C)CC1CCCOC1. The topological polar surface area (TPSA) is 9.23 Å². The highest BCUT2D eigenvalue weighted by Crippen LogP contribution is 2.22. The van der Waals surface area contributed by atoms with Gasteiger partial charge in [0.05, 0.1) is 0 Å². The molecule has 1 rings (SSSR count). The van der Waals surface area contributed by atoms with Crippen LogP contribution in [0.1, 0.15) is 39.5 Å². The third-order valence-corrected chi connectivity index (χ3v) is 2.69. The molecule has 1 aliphatic heterocycles. The van der Waals surface area contributed by atoms with Crippen LogP contribution < -0.4 is 0 Å². The Bertz CT molecular complexity index is 95.0. The minimum Gasteiger partial charge on any atom is -0.381 e. The van der Waals surface area contributed by atoms with Crippen LogP contribution in [0, 0.1) is 11.8 Å². The molecule has 1 heteroatoms. The van der Waals surface area contributed by atoms with Gasteiger partial charge in [0.1, 0.15) is 0 Å². The lowest BCUT2D eigenvalue weighted by molar-refractivity contribution is 0.0459. The molecule has 1 nitrogen and oxygen atoms in total. The van der Waals surface area contributed by atoms with Crippen molar-refractivity contribution >= 4 is 0 Å². The van der Waals surface area contributed by atoms with Gasteiger partial charge in [0.2, 0.25) is 0 Å². The minimum atomic E-state index is 0.860. The zero-order valence-corrected chi connectivity index (χ0v) is 7.81. The highest BCUT2D eigenvalue weighted by atomic mass is 16.5. The number of ether oxygens (including phenoxy) is 1. The quantitative estimate of drug-likeness (QED) is 0.610. The lowest BCUT2D eigenvalue weighted by atomic mass is 9.90. The molecular weight excluding hydrogens is 136 g/mol. The van der Waals surface area contributed by atoms with Gasteiger partial charge >= 0.3 is 0 Å². The van der Waals surface area contributed by atoms with Crippen LogP contribution in [0.5, 0.6) is 0 Å². The summed E-state index contributed by atoms with van der Waals surface area (Å²) in [5.74, 6) is 1.75. The second kappa shape index (κ2) is 4.76. The molecule has 0 aromatic rings. The Balaban J connectivity index is 2.13. The first kappa shape index (κ1) is 9.05. The van der Waals surface area contributed by atoms with Gasteiger partial charge < -0.3 is 4.74 Å². The van der Waals surface area contributed by atoms with E-state index >= 15 is 0 Å². The predicted molar refractivity (Wildman–Crippen MR) is 47.6 cm³/mol. The average molecular weight is 156 g/mol. The zero-order valence-electron chi connectivity index (χ0n) is 7.81. The Morgan fingerprint density at radius 3 is 2.91 bits per heavy atom. The predicted octanol–water partition coefficient (Wildman–Crippen LogP) is 2.85. The molecule has 2 unspecified atom stereocenters. The summed E-state index contributed by atoms with van der Waals surface area (Å²) < 4.78 is 5.43. The summed E-state index contributed by atoms with van der Waals surface area (Å²) in [4.78, 5) is 0. The summed E-state index contributed by atoms with van der Waals surface area (Å²) in [6, 6.07) is 0. The van der Waals surface area contributed by atoms with Gasteiger partial charge in [0.25, 0.3) is 0 Å². The minimum absolute atomic E-state index is 0.860. The molecule has 1 aliphatic rings. The van der Waals surface area contributed by atoms with Crippen molar-refractivity contribution in [3.63, 3.8) is 0 Å². The molecule has 66 valence electrons. The van der Waals surface area contributed by atoms with Gasteiger partial charge in [-0.05, 0) is 31.1 Å². The van der Waals surface area contributed by atoms with Crippen molar-refractivity contribution in [1.82, 2.24) is 0 Å². The van der Waals surface area contributed by atoms with E-state index in [-0.39, 0.29) is 0 Å². The second-order valence-electron chi connectivity index (χ2n) is 3.83. The summed E-state index contributed by atoms with van der Waals surface area (Å²) >= 11 is 0. The van der Waals surface area contributed by atoms with E-state index < -0.39 is 0 Å². The van der Waals surface area contributed by atoms with Crippen LogP contribution in [0.4, 0.5) is 0 Å². The third kappa shape index (κ3) is 3.24. The molecule has 0 aromatic heterocycles. The van der Waals surface area contributed by atoms with E-state index in [1.807, 2.05) is 0 Å². The monoisotopic (exact) mass is 156 g/mol. The van der Waals surface area contributed by atoms with Gasteiger partial charge in [-0.3, -0.25) is 0 Å². The number of hydrogen-bond acceptors (Lipinski definition) is 1. The Morgan fingerprint density at radius 1 is 1.55 bits per heavy atom. The van der Waals surface area contributed by atoms with Crippen molar-refractivity contribution in [2.24, 2.45) is 11.8 Å². The lowest BCUT2D eigenvalue weighted by Crippen LogP contribution is -2.19. The van der Waals surface area contributed by atoms with E-state index in [0.29, 0.717) is 0 Å². The van der Waals surface area contributed by atoms with Gasteiger partial charge in [-0.15, -0.1) is 0 Å². The lowest BCUT2D eigenvalue weighted by Gasteiger charge is -2.24. The van der Waals surface area contributed by atoms with Crippen LogP contribution in [-0.4, -0.2) is 13.2 Å². The number of rotatable bonds is 3. The molecule has 0 aliphatic carbocycles. The smallest absolute Gasteiger partial charge is 0.0494 e. The molecule has 0 bridgehead atoms. The van der Waals surface area contributed by atoms with E-state index in [1.54, 1.807) is 0 Å². The Hall–Kier alpha value is -0.0400. The maximum absolute atomic E-state index is 5.43. The fraction of sp³-hybridized carbons (Fsp3) is 1.00. The van der Waals surface area contributed by atoms with Gasteiger partial charge in [0, 0.05) is 13.2 Å². The van der Waals surface area contributed by atoms with Crippen LogP contribution in [0.3, 0.4) is 0 Å². The fourth-order valence-corrected chi connectivity index (χ4v) is 1.73. The molecule has 0 amide bonds. The van der Waals surface area contributed by atoms with Crippen molar-refractivity contribution in [3.05, 3.63) is 0 Å². The first-order valence-corrected chi connectivity index (χ1v) is 4.90. The summed E-state index contributed by atoms with van der Waals surface area (Å²) in [6.07, 6.45) is 5.36. The van der Waals surface area contributed by atoms with Crippen molar-refractivity contribution < 1.29 is 4.74 Å². The summed E-state index contributed by atoms with van der Waals surface area (Å²) in [5, 5.41) is 0. The number of hydrogen-bond donors (Lipinski definition) is 0. The molecule has 1 saturated heterocycles. The van der Waals surface area contributed by atoms with Crippen molar-refractivity contribution in [2.45, 2.75) is 39.5 Å². The average Bonchev–Trinajstić information content (AvgIpc) is 2.06. The van der Waals surface area contributed by atoms with Gasteiger partial charge in [0.15, 0.2) is 0 Å². The zero-order chi connectivity index (χ0) is 8.10. The van der Waals surface area contributed by atoms with Crippen molar-refractivity contribution in [2.75, 3.05) is 13.2 Å². The Kier molecular flexibility index (Phi) is 3.92. The second-order valence-corrected chi connectivity index (χ2v) is 3.83. The van der Waals surface area contributed by atoms with Crippen LogP contribution in [0.15, 0.2) is 0 Å². The summed E-state index contributed by atoms with van der Waals surface area (Å²) in [5.41, 5.74) is 0. The maximum Gasteiger partial charge on any atom is 0.0494 e. The highest BCUT2D eigenvalue weighted by Gasteiger charge is 2.15. The van der Waals surface area contributed by atoms with Crippen LogP contribution >= 0.6 is 0 Å².